The number of anilines is 2. The van der Waals surface area contributed by atoms with Crippen molar-refractivity contribution in [2.24, 2.45) is 5.73 Å². The lowest BCUT2D eigenvalue weighted by Crippen LogP contribution is -2.40. The Morgan fingerprint density at radius 3 is 2.41 bits per heavy atom. The fraction of sp³-hybridized carbons (Fsp3) is 0.265. The zero-order valence-corrected chi connectivity index (χ0v) is 25.9. The number of nitrogens with two attached hydrogens (primary N) is 1. The number of hydrogen-bond acceptors (Lipinski definition) is 8. The first kappa shape index (κ1) is 30.7. The normalized spacial score (nSPS) is 13.6. The number of rotatable bonds is 7. The van der Waals surface area contributed by atoms with Crippen LogP contribution in [0, 0.1) is 0 Å². The van der Waals surface area contributed by atoms with Gasteiger partial charge in [0, 0.05) is 41.5 Å². The monoisotopic (exact) mass is 621 g/mol. The molecule has 0 aliphatic carbocycles. The maximum Gasteiger partial charge on any atom is 0.279 e. The lowest BCUT2D eigenvalue weighted by atomic mass is 9.86. The van der Waals surface area contributed by atoms with Crippen LogP contribution in [0.3, 0.4) is 0 Å². The van der Waals surface area contributed by atoms with Crippen molar-refractivity contribution in [3.8, 4) is 11.4 Å². The second-order valence-electron chi connectivity index (χ2n) is 12.2. The second kappa shape index (κ2) is 12.2. The molecule has 12 nitrogen and oxygen atoms in total. The number of amides is 2. The van der Waals surface area contributed by atoms with Gasteiger partial charge in [0.25, 0.3) is 17.4 Å². The van der Waals surface area contributed by atoms with Gasteiger partial charge in [0.05, 0.1) is 42.8 Å². The summed E-state index contributed by atoms with van der Waals surface area (Å²) in [5.41, 5.74) is 8.78. The van der Waals surface area contributed by atoms with E-state index < -0.39 is 12.5 Å². The molecule has 0 unspecified atom stereocenters. The minimum Gasteiger partial charge on any atom is -0.392 e. The summed E-state index contributed by atoms with van der Waals surface area (Å²) in [7, 11) is 0. The van der Waals surface area contributed by atoms with Gasteiger partial charge in [0.1, 0.15) is 5.56 Å². The molecule has 3 heterocycles. The molecule has 46 heavy (non-hydrogen) atoms. The largest absolute Gasteiger partial charge is 0.392 e. The number of hydrogen-bond donors (Lipinski definition) is 3. The number of fused-ring (bicyclic) bond motifs is 1. The van der Waals surface area contributed by atoms with Crippen LogP contribution in [0.15, 0.2) is 77.9 Å². The molecule has 0 atom stereocenters. The van der Waals surface area contributed by atoms with E-state index in [-0.39, 0.29) is 28.3 Å². The molecule has 6 rings (SSSR count). The molecule has 0 saturated carbocycles. The van der Waals surface area contributed by atoms with E-state index in [4.69, 9.17) is 10.5 Å². The van der Waals surface area contributed by atoms with Crippen molar-refractivity contribution >= 4 is 34.1 Å². The number of carbonyl (C=O) groups is 2. The third-order valence-electron chi connectivity index (χ3n) is 8.08. The molecule has 5 aromatic rings. The second-order valence-corrected chi connectivity index (χ2v) is 12.2. The molecule has 3 aromatic carbocycles. The summed E-state index contributed by atoms with van der Waals surface area (Å²) < 4.78 is 8.01. The summed E-state index contributed by atoms with van der Waals surface area (Å²) in [6.45, 7) is 7.98. The third-order valence-corrected chi connectivity index (χ3v) is 8.08. The molecule has 2 aromatic heterocycles. The summed E-state index contributed by atoms with van der Waals surface area (Å²) in [6, 6.07) is 17.7. The Hall–Kier alpha value is -5.33. The van der Waals surface area contributed by atoms with Gasteiger partial charge < -0.3 is 25.8 Å². The highest BCUT2D eigenvalue weighted by molar-refractivity contribution is 5.98. The van der Waals surface area contributed by atoms with Gasteiger partial charge in [-0.05, 0) is 59.5 Å². The Bertz CT molecular complexity index is 2000. The fourth-order valence-electron chi connectivity index (χ4n) is 5.48. The number of nitrogens with one attached hydrogen (secondary N) is 1. The summed E-state index contributed by atoms with van der Waals surface area (Å²) in [5, 5.41) is 23.9. The molecular weight excluding hydrogens is 586 g/mol. The Balaban J connectivity index is 1.33. The van der Waals surface area contributed by atoms with Crippen LogP contribution in [0.5, 0.6) is 0 Å². The zero-order valence-electron chi connectivity index (χ0n) is 25.9. The predicted octanol–water partition coefficient (Wildman–Crippen LogP) is 3.68. The van der Waals surface area contributed by atoms with E-state index >= 15 is 0 Å². The van der Waals surface area contributed by atoms with Crippen LogP contribution < -0.4 is 16.6 Å². The van der Waals surface area contributed by atoms with E-state index in [2.05, 4.69) is 36.3 Å². The summed E-state index contributed by atoms with van der Waals surface area (Å²) in [4.78, 5) is 40.6. The topological polar surface area (TPSA) is 158 Å². The lowest BCUT2D eigenvalue weighted by molar-refractivity contribution is 0.0303. The van der Waals surface area contributed by atoms with Gasteiger partial charge in [-0.1, -0.05) is 32.9 Å². The fourth-order valence-corrected chi connectivity index (χ4v) is 5.48. The molecule has 4 N–H and O–H groups in total. The van der Waals surface area contributed by atoms with Crippen molar-refractivity contribution in [3.05, 3.63) is 106 Å². The first-order valence-electron chi connectivity index (χ1n) is 14.9. The number of primary amides is 1. The number of aliphatic hydroxyl groups is 1. The predicted molar refractivity (Wildman–Crippen MR) is 174 cm³/mol. The SMILES string of the molecule is CC(C)(C)c1ccc2c(=O)n(-c3cccc(-n4cc(C(N)=O)c(Nc5ccc(C(=O)N6CCOCC6)cc5)n4)c3CO)ncc2c1. The van der Waals surface area contributed by atoms with Crippen molar-refractivity contribution in [2.75, 3.05) is 31.6 Å². The van der Waals surface area contributed by atoms with E-state index in [1.165, 1.54) is 15.6 Å². The van der Waals surface area contributed by atoms with Gasteiger partial charge in [-0.25, -0.2) is 4.68 Å². The molecular formula is C34H35N7O5. The molecule has 1 aliphatic rings. The van der Waals surface area contributed by atoms with E-state index in [0.717, 1.165) is 10.9 Å². The Morgan fingerprint density at radius 1 is 1.02 bits per heavy atom. The molecule has 0 radical (unpaired) electrons. The highest BCUT2D eigenvalue weighted by Gasteiger charge is 2.22. The number of aromatic nitrogens is 4. The third kappa shape index (κ3) is 5.87. The molecule has 0 spiro atoms. The Morgan fingerprint density at radius 2 is 1.74 bits per heavy atom. The van der Waals surface area contributed by atoms with Gasteiger partial charge in [0.15, 0.2) is 5.82 Å². The van der Waals surface area contributed by atoms with Crippen molar-refractivity contribution in [3.63, 3.8) is 0 Å². The zero-order chi connectivity index (χ0) is 32.6. The van der Waals surface area contributed by atoms with Gasteiger partial charge in [-0.2, -0.15) is 9.78 Å². The molecule has 1 aliphatic heterocycles. The van der Waals surface area contributed by atoms with Gasteiger partial charge in [-0.3, -0.25) is 14.4 Å². The standard InChI is InChI=1S/C34H35N7O5/c1-34(2,3)23-9-12-25-22(17-23)18-36-41(33(25)45)29-6-4-5-28(27(29)20-42)40-19-26(30(35)43)31(38-40)37-24-10-7-21(8-11-24)32(44)39-13-15-46-16-14-39/h4-12,17-19,42H,13-16,20H2,1-3H3,(H2,35,43)(H,37,38). The maximum absolute atomic E-state index is 13.6. The molecule has 12 heteroatoms. The quantitative estimate of drug-likeness (QED) is 0.248. The first-order chi connectivity index (χ1) is 22.0. The Kier molecular flexibility index (Phi) is 8.15. The smallest absolute Gasteiger partial charge is 0.279 e. The van der Waals surface area contributed by atoms with Crippen molar-refractivity contribution in [2.45, 2.75) is 32.8 Å². The van der Waals surface area contributed by atoms with Gasteiger partial charge in [0.2, 0.25) is 0 Å². The molecule has 0 bridgehead atoms. The number of benzene rings is 3. The van der Waals surface area contributed by atoms with Crippen LogP contribution >= 0.6 is 0 Å². The van der Waals surface area contributed by atoms with Crippen LogP contribution in [0.2, 0.25) is 0 Å². The van der Waals surface area contributed by atoms with Crippen molar-refractivity contribution < 1.29 is 19.4 Å². The van der Waals surface area contributed by atoms with E-state index in [1.54, 1.807) is 59.6 Å². The minimum atomic E-state index is -0.711. The highest BCUT2D eigenvalue weighted by atomic mass is 16.5. The molecule has 2 amide bonds. The minimum absolute atomic E-state index is 0.0805. The van der Waals surface area contributed by atoms with E-state index in [1.807, 2.05) is 12.1 Å². The van der Waals surface area contributed by atoms with Crippen LogP contribution in [0.25, 0.3) is 22.1 Å². The van der Waals surface area contributed by atoms with Crippen molar-refractivity contribution in [1.82, 2.24) is 24.5 Å². The summed E-state index contributed by atoms with van der Waals surface area (Å²) in [5.74, 6) is -0.607. The first-order valence-corrected chi connectivity index (χ1v) is 14.9. The Labute approximate surface area is 265 Å². The molecule has 1 fully saturated rings. The highest BCUT2D eigenvalue weighted by Crippen LogP contribution is 2.28. The van der Waals surface area contributed by atoms with Crippen LogP contribution in [0.4, 0.5) is 11.5 Å². The van der Waals surface area contributed by atoms with Crippen LogP contribution in [-0.4, -0.2) is 67.7 Å². The van der Waals surface area contributed by atoms with Gasteiger partial charge in [-0.15, -0.1) is 5.10 Å². The summed E-state index contributed by atoms with van der Waals surface area (Å²) in [6.07, 6.45) is 3.10. The maximum atomic E-state index is 13.6. The molecule has 236 valence electrons. The van der Waals surface area contributed by atoms with Crippen LogP contribution in [0.1, 0.15) is 52.6 Å². The summed E-state index contributed by atoms with van der Waals surface area (Å²) >= 11 is 0. The van der Waals surface area contributed by atoms with E-state index in [0.29, 0.717) is 59.9 Å². The van der Waals surface area contributed by atoms with Crippen LogP contribution in [-0.2, 0) is 16.8 Å². The number of morpholine rings is 1. The number of ether oxygens (including phenoxy) is 1. The average Bonchev–Trinajstić information content (AvgIpc) is 3.48. The van der Waals surface area contributed by atoms with E-state index in [9.17, 15) is 19.5 Å². The number of aliphatic hydroxyl groups excluding tert-OH is 1. The number of nitrogens with zero attached hydrogens (tertiary/aromatic N) is 5. The molecule has 1 saturated heterocycles. The van der Waals surface area contributed by atoms with Crippen molar-refractivity contribution in [1.29, 1.82) is 0 Å². The average molecular weight is 622 g/mol. The number of carbonyl (C=O) groups excluding carboxylic acids is 2. The lowest BCUT2D eigenvalue weighted by Gasteiger charge is -2.26. The van der Waals surface area contributed by atoms with Gasteiger partial charge >= 0.3 is 0 Å².